The van der Waals surface area contributed by atoms with Gasteiger partial charge >= 0.3 is 0 Å². The average molecular weight is 241 g/mol. The zero-order chi connectivity index (χ0) is 13.0. The van der Waals surface area contributed by atoms with Gasteiger partial charge in [0.25, 0.3) is 0 Å². The molecule has 0 fully saturated rings. The zero-order valence-corrected chi connectivity index (χ0v) is 10.2. The third-order valence-electron chi connectivity index (χ3n) is 2.66. The normalized spacial score (nSPS) is 10.1. The minimum Gasteiger partial charge on any atom is -0.284 e. The number of carbonyl (C=O) groups excluding carboxylic acids is 1. The molecule has 0 saturated carbocycles. The highest BCUT2D eigenvalue weighted by molar-refractivity contribution is 5.78. The molecule has 0 bridgehead atoms. The third kappa shape index (κ3) is 2.93. The van der Waals surface area contributed by atoms with Crippen molar-refractivity contribution in [2.24, 2.45) is 5.84 Å². The number of nitrogens with zero attached hydrogens (tertiary/aromatic N) is 2. The molecule has 2 N–H and O–H groups in total. The zero-order valence-electron chi connectivity index (χ0n) is 10.2. The van der Waals surface area contributed by atoms with Crippen molar-refractivity contribution >= 4 is 5.91 Å². The molecular formula is C14H15N3O. The number of amides is 1. The van der Waals surface area contributed by atoms with Crippen LogP contribution in [0.15, 0.2) is 48.7 Å². The van der Waals surface area contributed by atoms with E-state index in [9.17, 15) is 4.79 Å². The topological polar surface area (TPSA) is 59.2 Å². The maximum Gasteiger partial charge on any atom is 0.240 e. The number of benzene rings is 1. The molecule has 92 valence electrons. The number of nitrogens with two attached hydrogens (primary N) is 1. The Hall–Kier alpha value is -2.20. The Balaban J connectivity index is 2.13. The molecule has 0 saturated heterocycles. The highest BCUT2D eigenvalue weighted by atomic mass is 16.2. The summed E-state index contributed by atoms with van der Waals surface area (Å²) in [5, 5.41) is 1.10. The molecular weight excluding hydrogens is 226 g/mol. The Kier molecular flexibility index (Phi) is 3.69. The van der Waals surface area contributed by atoms with Gasteiger partial charge in [-0.15, -0.1) is 0 Å². The van der Waals surface area contributed by atoms with E-state index in [2.05, 4.69) is 4.98 Å². The number of aromatic nitrogens is 1. The van der Waals surface area contributed by atoms with Crippen LogP contribution in [0.25, 0.3) is 11.3 Å². The van der Waals surface area contributed by atoms with E-state index in [1.165, 1.54) is 0 Å². The smallest absolute Gasteiger partial charge is 0.240 e. The van der Waals surface area contributed by atoms with Gasteiger partial charge in [-0.1, -0.05) is 30.3 Å². The Morgan fingerprint density at radius 3 is 2.50 bits per heavy atom. The molecule has 0 atom stereocenters. The summed E-state index contributed by atoms with van der Waals surface area (Å²) in [5.41, 5.74) is 2.90. The quantitative estimate of drug-likeness (QED) is 0.504. The molecule has 1 aromatic heterocycles. The van der Waals surface area contributed by atoms with Crippen LogP contribution in [-0.4, -0.2) is 22.9 Å². The van der Waals surface area contributed by atoms with Crippen molar-refractivity contribution in [2.45, 2.75) is 6.42 Å². The molecule has 1 heterocycles. The van der Waals surface area contributed by atoms with Crippen LogP contribution in [0.1, 0.15) is 5.56 Å². The van der Waals surface area contributed by atoms with Gasteiger partial charge in [0.05, 0.1) is 12.1 Å². The fourth-order valence-corrected chi connectivity index (χ4v) is 1.63. The van der Waals surface area contributed by atoms with Crippen molar-refractivity contribution in [2.75, 3.05) is 7.05 Å². The second kappa shape index (κ2) is 5.42. The number of hydrazine groups is 1. The van der Waals surface area contributed by atoms with Crippen LogP contribution in [0, 0.1) is 0 Å². The van der Waals surface area contributed by atoms with E-state index in [1.807, 2.05) is 42.5 Å². The Labute approximate surface area is 106 Å². The first-order valence-electron chi connectivity index (χ1n) is 5.68. The second-order valence-electron chi connectivity index (χ2n) is 4.09. The van der Waals surface area contributed by atoms with Crippen LogP contribution in [0.4, 0.5) is 0 Å². The first-order valence-corrected chi connectivity index (χ1v) is 5.68. The first-order chi connectivity index (χ1) is 8.66. The predicted molar refractivity (Wildman–Crippen MR) is 70.3 cm³/mol. The number of likely N-dealkylation sites (N-methyl/N-ethyl adjacent to an activating group) is 1. The molecule has 2 rings (SSSR count). The van der Waals surface area contributed by atoms with Gasteiger partial charge in [-0.25, -0.2) is 5.84 Å². The van der Waals surface area contributed by atoms with E-state index in [1.54, 1.807) is 13.2 Å². The lowest BCUT2D eigenvalue weighted by Crippen LogP contribution is -2.34. The molecule has 1 amide bonds. The summed E-state index contributed by atoms with van der Waals surface area (Å²) in [6.07, 6.45) is 2.08. The first kappa shape index (κ1) is 12.3. The summed E-state index contributed by atoms with van der Waals surface area (Å²) in [5.74, 6) is 5.27. The highest BCUT2D eigenvalue weighted by Gasteiger charge is 2.06. The number of pyridine rings is 1. The van der Waals surface area contributed by atoms with E-state index in [0.717, 1.165) is 21.8 Å². The summed E-state index contributed by atoms with van der Waals surface area (Å²) in [6, 6.07) is 13.5. The molecule has 0 spiro atoms. The number of carbonyl (C=O) groups is 1. The Bertz CT molecular complexity index is 520. The summed E-state index contributed by atoms with van der Waals surface area (Å²) in [4.78, 5) is 15.7. The minimum atomic E-state index is -0.111. The van der Waals surface area contributed by atoms with Gasteiger partial charge in [0.2, 0.25) is 5.91 Å². The van der Waals surface area contributed by atoms with Crippen LogP contribution >= 0.6 is 0 Å². The van der Waals surface area contributed by atoms with Gasteiger partial charge in [0.15, 0.2) is 0 Å². The fraction of sp³-hybridized carbons (Fsp3) is 0.143. The number of hydrogen-bond donors (Lipinski definition) is 1. The van der Waals surface area contributed by atoms with Crippen molar-refractivity contribution in [3.05, 3.63) is 54.2 Å². The average Bonchev–Trinajstić information content (AvgIpc) is 2.40. The molecule has 0 aliphatic rings. The Morgan fingerprint density at radius 2 is 1.94 bits per heavy atom. The van der Waals surface area contributed by atoms with Crippen LogP contribution in [0.3, 0.4) is 0 Å². The maximum absolute atomic E-state index is 11.5. The summed E-state index contributed by atoms with van der Waals surface area (Å²) in [6.45, 7) is 0. The molecule has 0 aliphatic heterocycles. The lowest BCUT2D eigenvalue weighted by atomic mass is 10.1. The standard InChI is InChI=1S/C14H15N3O/c1-17(15)14(18)10-11-5-7-12(8-6-11)13-4-2-3-9-16-13/h2-9H,10,15H2,1H3. The van der Waals surface area contributed by atoms with Crippen LogP contribution in [0.5, 0.6) is 0 Å². The van der Waals surface area contributed by atoms with Crippen molar-refractivity contribution in [3.63, 3.8) is 0 Å². The Morgan fingerprint density at radius 1 is 1.22 bits per heavy atom. The summed E-state index contributed by atoms with van der Waals surface area (Å²) < 4.78 is 0. The number of rotatable bonds is 3. The maximum atomic E-state index is 11.5. The molecule has 0 unspecified atom stereocenters. The van der Waals surface area contributed by atoms with Gasteiger partial charge < -0.3 is 0 Å². The van der Waals surface area contributed by atoms with E-state index in [4.69, 9.17) is 5.84 Å². The van der Waals surface area contributed by atoms with Gasteiger partial charge in [0, 0.05) is 18.8 Å². The van der Waals surface area contributed by atoms with Gasteiger partial charge in [-0.3, -0.25) is 14.8 Å². The SMILES string of the molecule is CN(N)C(=O)Cc1ccc(-c2ccccn2)cc1. The van der Waals surface area contributed by atoms with E-state index < -0.39 is 0 Å². The van der Waals surface area contributed by atoms with Crippen molar-refractivity contribution in [3.8, 4) is 11.3 Å². The van der Waals surface area contributed by atoms with Gasteiger partial charge in [-0.05, 0) is 17.7 Å². The lowest BCUT2D eigenvalue weighted by molar-refractivity contribution is -0.129. The molecule has 0 aliphatic carbocycles. The molecule has 2 aromatic rings. The lowest BCUT2D eigenvalue weighted by Gasteiger charge is -2.09. The van der Waals surface area contributed by atoms with Gasteiger partial charge in [0.1, 0.15) is 0 Å². The number of hydrogen-bond acceptors (Lipinski definition) is 3. The monoisotopic (exact) mass is 241 g/mol. The van der Waals surface area contributed by atoms with Crippen molar-refractivity contribution < 1.29 is 4.79 Å². The predicted octanol–water partition coefficient (Wildman–Crippen LogP) is 1.62. The minimum absolute atomic E-state index is 0.111. The molecule has 4 nitrogen and oxygen atoms in total. The summed E-state index contributed by atoms with van der Waals surface area (Å²) in [7, 11) is 1.55. The van der Waals surface area contributed by atoms with Crippen LogP contribution in [0.2, 0.25) is 0 Å². The highest BCUT2D eigenvalue weighted by Crippen LogP contribution is 2.17. The van der Waals surface area contributed by atoms with Crippen LogP contribution in [-0.2, 0) is 11.2 Å². The van der Waals surface area contributed by atoms with E-state index in [-0.39, 0.29) is 5.91 Å². The molecule has 18 heavy (non-hydrogen) atoms. The largest absolute Gasteiger partial charge is 0.284 e. The van der Waals surface area contributed by atoms with E-state index in [0.29, 0.717) is 6.42 Å². The van der Waals surface area contributed by atoms with Crippen molar-refractivity contribution in [1.29, 1.82) is 0 Å². The van der Waals surface area contributed by atoms with E-state index >= 15 is 0 Å². The summed E-state index contributed by atoms with van der Waals surface area (Å²) >= 11 is 0. The van der Waals surface area contributed by atoms with Crippen molar-refractivity contribution in [1.82, 2.24) is 9.99 Å². The second-order valence-corrected chi connectivity index (χ2v) is 4.09. The molecule has 1 aromatic carbocycles. The molecule has 0 radical (unpaired) electrons. The third-order valence-corrected chi connectivity index (χ3v) is 2.66. The fourth-order valence-electron chi connectivity index (χ4n) is 1.63. The van der Waals surface area contributed by atoms with Gasteiger partial charge in [-0.2, -0.15) is 0 Å². The van der Waals surface area contributed by atoms with Crippen LogP contribution < -0.4 is 5.84 Å². The molecule has 4 heteroatoms.